The zero-order valence-electron chi connectivity index (χ0n) is 19.0. The average Bonchev–Trinajstić information content (AvgIpc) is 3.31. The SMILES string of the molecule is c1ccc2c(c1)sc1ccc(-c3ccc4cc(-c5ccc(-c6ccncc6)cc5)ccc4c3)cc12. The molecular formula is C33H21NS. The van der Waals surface area contributed by atoms with Crippen molar-refractivity contribution in [2.45, 2.75) is 0 Å². The molecule has 0 aliphatic heterocycles. The first-order valence-corrected chi connectivity index (χ1v) is 12.6. The molecule has 0 fully saturated rings. The Bertz CT molecular complexity index is 1830. The normalized spacial score (nSPS) is 11.4. The molecule has 0 radical (unpaired) electrons. The van der Waals surface area contributed by atoms with Gasteiger partial charge in [0.25, 0.3) is 0 Å². The van der Waals surface area contributed by atoms with Crippen molar-refractivity contribution >= 4 is 42.3 Å². The van der Waals surface area contributed by atoms with E-state index in [-0.39, 0.29) is 0 Å². The van der Waals surface area contributed by atoms with Crippen LogP contribution in [-0.2, 0) is 0 Å². The van der Waals surface area contributed by atoms with Crippen molar-refractivity contribution in [3.8, 4) is 33.4 Å². The number of aromatic nitrogens is 1. The van der Waals surface area contributed by atoms with Crippen molar-refractivity contribution in [1.82, 2.24) is 4.98 Å². The molecule has 35 heavy (non-hydrogen) atoms. The maximum Gasteiger partial charge on any atom is 0.0355 e. The summed E-state index contributed by atoms with van der Waals surface area (Å²) in [6.45, 7) is 0. The third kappa shape index (κ3) is 3.60. The highest BCUT2D eigenvalue weighted by molar-refractivity contribution is 7.25. The minimum atomic E-state index is 1.19. The molecule has 0 N–H and O–H groups in total. The van der Waals surface area contributed by atoms with E-state index in [4.69, 9.17) is 0 Å². The van der Waals surface area contributed by atoms with Crippen molar-refractivity contribution in [3.63, 3.8) is 0 Å². The highest BCUT2D eigenvalue weighted by Crippen LogP contribution is 2.37. The molecule has 0 saturated heterocycles. The van der Waals surface area contributed by atoms with Crippen LogP contribution < -0.4 is 0 Å². The van der Waals surface area contributed by atoms with E-state index in [2.05, 4.69) is 108 Å². The topological polar surface area (TPSA) is 12.9 Å². The maximum atomic E-state index is 4.11. The number of hydrogen-bond acceptors (Lipinski definition) is 2. The number of rotatable bonds is 3. The smallest absolute Gasteiger partial charge is 0.0355 e. The molecule has 0 aliphatic rings. The second-order valence-electron chi connectivity index (χ2n) is 8.90. The predicted octanol–water partition coefficient (Wildman–Crippen LogP) is 9.60. The molecule has 1 nitrogen and oxygen atoms in total. The fraction of sp³-hybridized carbons (Fsp3) is 0. The lowest BCUT2D eigenvalue weighted by Gasteiger charge is -2.08. The monoisotopic (exact) mass is 463 g/mol. The van der Waals surface area contributed by atoms with E-state index in [1.54, 1.807) is 0 Å². The molecule has 2 aromatic heterocycles. The molecule has 2 heterocycles. The Morgan fingerprint density at radius 3 is 1.66 bits per heavy atom. The van der Waals surface area contributed by atoms with Gasteiger partial charge < -0.3 is 0 Å². The molecular weight excluding hydrogens is 442 g/mol. The zero-order valence-corrected chi connectivity index (χ0v) is 19.8. The van der Waals surface area contributed by atoms with Crippen molar-refractivity contribution in [2.75, 3.05) is 0 Å². The summed E-state index contributed by atoms with van der Waals surface area (Å²) in [6, 6.07) is 41.9. The summed E-state index contributed by atoms with van der Waals surface area (Å²) in [5.74, 6) is 0. The summed E-state index contributed by atoms with van der Waals surface area (Å²) in [4.78, 5) is 4.11. The van der Waals surface area contributed by atoms with Gasteiger partial charge in [0, 0.05) is 32.6 Å². The molecule has 0 saturated carbocycles. The lowest BCUT2D eigenvalue weighted by molar-refractivity contribution is 1.33. The third-order valence-corrected chi connectivity index (χ3v) is 7.93. The van der Waals surface area contributed by atoms with E-state index in [9.17, 15) is 0 Å². The quantitative estimate of drug-likeness (QED) is 0.254. The number of benzene rings is 5. The van der Waals surface area contributed by atoms with Crippen LogP contribution in [-0.4, -0.2) is 4.98 Å². The molecule has 0 unspecified atom stereocenters. The first-order chi connectivity index (χ1) is 17.3. The first kappa shape index (κ1) is 20.1. The number of fused-ring (bicyclic) bond motifs is 4. The second-order valence-corrected chi connectivity index (χ2v) is 9.98. The number of thiophene rings is 1. The van der Waals surface area contributed by atoms with Gasteiger partial charge in [0.05, 0.1) is 0 Å². The van der Waals surface area contributed by atoms with E-state index in [0.29, 0.717) is 0 Å². The molecule has 0 bridgehead atoms. The Balaban J connectivity index is 1.23. The van der Waals surface area contributed by atoms with E-state index >= 15 is 0 Å². The highest BCUT2D eigenvalue weighted by atomic mass is 32.1. The fourth-order valence-corrected chi connectivity index (χ4v) is 6.00. The van der Waals surface area contributed by atoms with E-state index in [1.807, 2.05) is 35.9 Å². The lowest BCUT2D eigenvalue weighted by Crippen LogP contribution is -1.83. The van der Waals surface area contributed by atoms with Crippen LogP contribution in [0.5, 0.6) is 0 Å². The van der Waals surface area contributed by atoms with Crippen LogP contribution in [0.25, 0.3) is 64.3 Å². The van der Waals surface area contributed by atoms with Crippen LogP contribution in [0.1, 0.15) is 0 Å². The number of hydrogen-bond donors (Lipinski definition) is 0. The Morgan fingerprint density at radius 2 is 0.914 bits per heavy atom. The molecule has 0 spiro atoms. The van der Waals surface area contributed by atoms with Crippen molar-refractivity contribution < 1.29 is 0 Å². The summed E-state index contributed by atoms with van der Waals surface area (Å²) in [6.07, 6.45) is 3.67. The van der Waals surface area contributed by atoms with Crippen molar-refractivity contribution in [1.29, 1.82) is 0 Å². The van der Waals surface area contributed by atoms with Crippen LogP contribution in [0.3, 0.4) is 0 Å². The van der Waals surface area contributed by atoms with Gasteiger partial charge >= 0.3 is 0 Å². The Hall–Kier alpha value is -4.27. The van der Waals surface area contributed by atoms with Crippen LogP contribution in [0, 0.1) is 0 Å². The molecule has 0 atom stereocenters. The standard InChI is InChI=1S/C33H21NS/c1-2-4-32-30(3-1)31-21-29(13-14-33(31)35-32)28-12-11-26-19-25(9-10-27(26)20-28)23-7-5-22(6-8-23)24-15-17-34-18-16-24/h1-21H. The van der Waals surface area contributed by atoms with Crippen LogP contribution in [0.4, 0.5) is 0 Å². The van der Waals surface area contributed by atoms with E-state index in [1.165, 1.54) is 64.3 Å². The Morgan fingerprint density at radius 1 is 0.400 bits per heavy atom. The first-order valence-electron chi connectivity index (χ1n) is 11.8. The second kappa shape index (κ2) is 8.19. The maximum absolute atomic E-state index is 4.11. The van der Waals surface area contributed by atoms with Crippen molar-refractivity contribution in [3.05, 3.63) is 128 Å². The van der Waals surface area contributed by atoms with E-state index in [0.717, 1.165) is 0 Å². The minimum absolute atomic E-state index is 1.19. The summed E-state index contributed by atoms with van der Waals surface area (Å²) in [5, 5.41) is 5.20. The molecule has 5 aromatic carbocycles. The Kier molecular flexibility index (Phi) is 4.71. The minimum Gasteiger partial charge on any atom is -0.265 e. The van der Waals surface area contributed by atoms with Gasteiger partial charge in [0.15, 0.2) is 0 Å². The Labute approximate surface area is 208 Å². The highest BCUT2D eigenvalue weighted by Gasteiger charge is 2.08. The third-order valence-electron chi connectivity index (χ3n) is 6.78. The number of nitrogens with zero attached hydrogens (tertiary/aromatic N) is 1. The van der Waals surface area contributed by atoms with Gasteiger partial charge in [-0.15, -0.1) is 11.3 Å². The summed E-state index contributed by atoms with van der Waals surface area (Å²) >= 11 is 1.86. The van der Waals surface area contributed by atoms with Gasteiger partial charge in [-0.05, 0) is 86.6 Å². The molecule has 7 rings (SSSR count). The van der Waals surface area contributed by atoms with Crippen molar-refractivity contribution in [2.24, 2.45) is 0 Å². The summed E-state index contributed by atoms with van der Waals surface area (Å²) < 4.78 is 2.69. The largest absolute Gasteiger partial charge is 0.265 e. The molecule has 164 valence electrons. The molecule has 0 aliphatic carbocycles. The average molecular weight is 464 g/mol. The molecule has 7 aromatic rings. The predicted molar refractivity (Wildman–Crippen MR) is 151 cm³/mol. The van der Waals surface area contributed by atoms with Crippen LogP contribution >= 0.6 is 11.3 Å². The van der Waals surface area contributed by atoms with Gasteiger partial charge in [-0.1, -0.05) is 72.8 Å². The fourth-order valence-electron chi connectivity index (χ4n) is 4.91. The molecule has 2 heteroatoms. The number of pyridine rings is 1. The van der Waals surface area contributed by atoms with Crippen LogP contribution in [0.15, 0.2) is 128 Å². The van der Waals surface area contributed by atoms with Crippen LogP contribution in [0.2, 0.25) is 0 Å². The van der Waals surface area contributed by atoms with Gasteiger partial charge in [-0.2, -0.15) is 0 Å². The lowest BCUT2D eigenvalue weighted by atomic mass is 9.96. The zero-order chi connectivity index (χ0) is 23.2. The van der Waals surface area contributed by atoms with Gasteiger partial charge in [0.1, 0.15) is 0 Å². The molecule has 0 amide bonds. The van der Waals surface area contributed by atoms with Gasteiger partial charge in [-0.3, -0.25) is 4.98 Å². The van der Waals surface area contributed by atoms with Gasteiger partial charge in [-0.25, -0.2) is 0 Å². The summed E-state index contributed by atoms with van der Waals surface area (Å²) in [5.41, 5.74) is 7.37. The van der Waals surface area contributed by atoms with Gasteiger partial charge in [0.2, 0.25) is 0 Å². The summed E-state index contributed by atoms with van der Waals surface area (Å²) in [7, 11) is 0. The van der Waals surface area contributed by atoms with E-state index < -0.39 is 0 Å².